The van der Waals surface area contributed by atoms with Crippen LogP contribution in [0.5, 0.6) is 0 Å². The maximum Gasteiger partial charge on any atom is 0.289 e. The van der Waals surface area contributed by atoms with Crippen molar-refractivity contribution in [3.8, 4) is 11.3 Å². The van der Waals surface area contributed by atoms with Crippen LogP contribution in [0.1, 0.15) is 36.2 Å². The third-order valence-corrected chi connectivity index (χ3v) is 5.03. The number of carbonyl (C=O) groups excluding carboxylic acids is 2. The Balaban J connectivity index is 1.38. The molecule has 2 fully saturated rings. The Labute approximate surface area is 151 Å². The Morgan fingerprint density at radius 1 is 1.04 bits per heavy atom. The van der Waals surface area contributed by atoms with Crippen LogP contribution in [0, 0.1) is 11.7 Å². The second kappa shape index (κ2) is 6.94. The molecule has 0 radical (unpaired) electrons. The van der Waals surface area contributed by atoms with Gasteiger partial charge in [-0.2, -0.15) is 0 Å². The number of amides is 2. The van der Waals surface area contributed by atoms with Crippen LogP contribution >= 0.6 is 0 Å². The summed E-state index contributed by atoms with van der Waals surface area (Å²) < 4.78 is 19.5. The lowest BCUT2D eigenvalue weighted by atomic mass is 9.95. The van der Waals surface area contributed by atoms with Crippen molar-refractivity contribution in [2.45, 2.75) is 31.7 Å². The molecule has 1 aromatic carbocycles. The molecule has 0 unspecified atom stereocenters. The summed E-state index contributed by atoms with van der Waals surface area (Å²) in [5, 5.41) is 3.03. The first-order valence-electron chi connectivity index (χ1n) is 9.06. The number of nitrogens with one attached hydrogen (secondary N) is 1. The van der Waals surface area contributed by atoms with Gasteiger partial charge in [-0.3, -0.25) is 9.59 Å². The summed E-state index contributed by atoms with van der Waals surface area (Å²) in [6, 6.07) is 9.86. The first-order chi connectivity index (χ1) is 12.6. The zero-order valence-electron chi connectivity index (χ0n) is 14.4. The van der Waals surface area contributed by atoms with E-state index in [-0.39, 0.29) is 29.3 Å². The molecule has 0 bridgehead atoms. The summed E-state index contributed by atoms with van der Waals surface area (Å²) in [5.74, 6) is 0.0240. The Morgan fingerprint density at radius 3 is 2.46 bits per heavy atom. The molecule has 1 aromatic heterocycles. The largest absolute Gasteiger partial charge is 0.451 e. The van der Waals surface area contributed by atoms with Crippen LogP contribution in [0.4, 0.5) is 4.39 Å². The number of piperidine rings is 1. The van der Waals surface area contributed by atoms with Gasteiger partial charge in [0.05, 0.1) is 5.56 Å². The molecule has 2 aliphatic rings. The number of hydrogen-bond acceptors (Lipinski definition) is 3. The van der Waals surface area contributed by atoms with Gasteiger partial charge in [0.2, 0.25) is 5.91 Å². The van der Waals surface area contributed by atoms with E-state index in [4.69, 9.17) is 4.42 Å². The van der Waals surface area contributed by atoms with Crippen molar-refractivity contribution < 1.29 is 18.4 Å². The highest BCUT2D eigenvalue weighted by Crippen LogP contribution is 2.27. The van der Waals surface area contributed by atoms with Crippen molar-refractivity contribution in [3.63, 3.8) is 0 Å². The molecular formula is C20H21FN2O3. The molecule has 1 aliphatic carbocycles. The highest BCUT2D eigenvalue weighted by atomic mass is 19.1. The van der Waals surface area contributed by atoms with Crippen molar-refractivity contribution in [3.05, 3.63) is 48.0 Å². The molecule has 5 nitrogen and oxygen atoms in total. The molecular weight excluding hydrogens is 335 g/mol. The average molecular weight is 356 g/mol. The van der Waals surface area contributed by atoms with E-state index in [1.807, 2.05) is 0 Å². The highest BCUT2D eigenvalue weighted by molar-refractivity contribution is 5.92. The molecule has 4 rings (SSSR count). The van der Waals surface area contributed by atoms with Crippen LogP contribution in [0.15, 0.2) is 40.8 Å². The number of likely N-dealkylation sites (tertiary alicyclic amines) is 1. The van der Waals surface area contributed by atoms with E-state index in [9.17, 15) is 14.0 Å². The van der Waals surface area contributed by atoms with Crippen LogP contribution in [0.3, 0.4) is 0 Å². The Bertz CT molecular complexity index is 820. The minimum Gasteiger partial charge on any atom is -0.451 e. The van der Waals surface area contributed by atoms with Gasteiger partial charge in [-0.25, -0.2) is 4.39 Å². The fourth-order valence-corrected chi connectivity index (χ4v) is 3.31. The molecule has 1 saturated heterocycles. The lowest BCUT2D eigenvalue weighted by molar-refractivity contribution is -0.126. The van der Waals surface area contributed by atoms with Crippen molar-refractivity contribution in [1.29, 1.82) is 0 Å². The zero-order valence-corrected chi connectivity index (χ0v) is 14.4. The van der Waals surface area contributed by atoms with E-state index in [2.05, 4.69) is 5.32 Å². The Morgan fingerprint density at radius 2 is 1.77 bits per heavy atom. The summed E-state index contributed by atoms with van der Waals surface area (Å²) in [4.78, 5) is 26.4. The van der Waals surface area contributed by atoms with Crippen molar-refractivity contribution in [1.82, 2.24) is 10.2 Å². The van der Waals surface area contributed by atoms with Crippen molar-refractivity contribution in [2.24, 2.45) is 5.92 Å². The zero-order chi connectivity index (χ0) is 18.1. The Hall–Kier alpha value is -2.63. The number of halogens is 1. The van der Waals surface area contributed by atoms with Crippen LogP contribution in [-0.4, -0.2) is 35.8 Å². The Kier molecular flexibility index (Phi) is 4.49. The van der Waals surface area contributed by atoms with Crippen molar-refractivity contribution in [2.75, 3.05) is 13.1 Å². The third-order valence-electron chi connectivity index (χ3n) is 5.03. The van der Waals surface area contributed by atoms with E-state index >= 15 is 0 Å². The van der Waals surface area contributed by atoms with Crippen LogP contribution in [0.25, 0.3) is 11.3 Å². The molecule has 1 saturated carbocycles. The molecule has 2 heterocycles. The average Bonchev–Trinajstić information content (AvgIpc) is 3.34. The summed E-state index contributed by atoms with van der Waals surface area (Å²) in [6.45, 7) is 1.05. The lowest BCUT2D eigenvalue weighted by Gasteiger charge is -2.30. The fourth-order valence-electron chi connectivity index (χ4n) is 3.31. The second-order valence-electron chi connectivity index (χ2n) is 6.99. The van der Waals surface area contributed by atoms with Crippen LogP contribution in [-0.2, 0) is 4.79 Å². The minimum absolute atomic E-state index is 0.0229. The maximum atomic E-state index is 13.9. The quantitative estimate of drug-likeness (QED) is 0.915. The van der Waals surface area contributed by atoms with E-state index in [1.54, 1.807) is 35.2 Å². The van der Waals surface area contributed by atoms with Crippen LogP contribution in [0.2, 0.25) is 0 Å². The molecule has 136 valence electrons. The predicted octanol–water partition coefficient (Wildman–Crippen LogP) is 3.22. The third kappa shape index (κ3) is 3.49. The smallest absolute Gasteiger partial charge is 0.289 e. The maximum absolute atomic E-state index is 13.9. The van der Waals surface area contributed by atoms with Gasteiger partial charge in [0.1, 0.15) is 11.6 Å². The van der Waals surface area contributed by atoms with Crippen molar-refractivity contribution >= 4 is 11.8 Å². The van der Waals surface area contributed by atoms with Gasteiger partial charge < -0.3 is 14.6 Å². The number of rotatable bonds is 4. The van der Waals surface area contributed by atoms with Gasteiger partial charge in [0, 0.05) is 25.0 Å². The van der Waals surface area contributed by atoms with E-state index in [1.165, 1.54) is 6.07 Å². The number of furan rings is 1. The van der Waals surface area contributed by atoms with Gasteiger partial charge in [-0.15, -0.1) is 0 Å². The summed E-state index contributed by atoms with van der Waals surface area (Å²) in [6.07, 6.45) is 3.47. The number of nitrogens with zero attached hydrogens (tertiary/aromatic N) is 1. The molecule has 2 aromatic rings. The molecule has 26 heavy (non-hydrogen) atoms. The van der Waals surface area contributed by atoms with Crippen LogP contribution < -0.4 is 5.32 Å². The minimum atomic E-state index is -0.386. The number of hydrogen-bond donors (Lipinski definition) is 1. The summed E-state index contributed by atoms with van der Waals surface area (Å²) >= 11 is 0. The number of benzene rings is 1. The topological polar surface area (TPSA) is 62.6 Å². The van der Waals surface area contributed by atoms with Gasteiger partial charge in [0.15, 0.2) is 5.76 Å². The molecule has 1 aliphatic heterocycles. The fraction of sp³-hybridized carbons (Fsp3) is 0.400. The van der Waals surface area contributed by atoms with E-state index in [0.29, 0.717) is 43.3 Å². The standard InChI is InChI=1S/C20H21FN2O3/c21-16-4-2-1-3-15(16)17-7-8-18(26-17)20(25)23-11-9-13(10-12-23)19(24)22-14-5-6-14/h1-4,7-8,13-14H,5-6,9-12H2,(H,22,24). The summed E-state index contributed by atoms with van der Waals surface area (Å²) in [7, 11) is 0. The van der Waals surface area contributed by atoms with Gasteiger partial charge in [-0.1, -0.05) is 12.1 Å². The van der Waals surface area contributed by atoms with E-state index < -0.39 is 0 Å². The van der Waals surface area contributed by atoms with E-state index in [0.717, 1.165) is 12.8 Å². The lowest BCUT2D eigenvalue weighted by Crippen LogP contribution is -2.43. The molecule has 0 spiro atoms. The molecule has 6 heteroatoms. The molecule has 0 atom stereocenters. The van der Waals surface area contributed by atoms with Gasteiger partial charge in [0.25, 0.3) is 5.91 Å². The summed E-state index contributed by atoms with van der Waals surface area (Å²) in [5.41, 5.74) is 0.335. The molecule has 2 amide bonds. The van der Waals surface area contributed by atoms with Gasteiger partial charge >= 0.3 is 0 Å². The predicted molar refractivity (Wildman–Crippen MR) is 93.9 cm³/mol. The number of carbonyl (C=O) groups is 2. The molecule has 1 N–H and O–H groups in total. The first-order valence-corrected chi connectivity index (χ1v) is 9.06. The van der Waals surface area contributed by atoms with Gasteiger partial charge in [-0.05, 0) is 49.9 Å². The SMILES string of the molecule is O=C(NC1CC1)C1CCN(C(=O)c2ccc(-c3ccccc3F)o2)CC1. The second-order valence-corrected chi connectivity index (χ2v) is 6.99. The monoisotopic (exact) mass is 356 g/mol. The normalized spacial score (nSPS) is 18.0. The first kappa shape index (κ1) is 16.8. The highest BCUT2D eigenvalue weighted by Gasteiger charge is 2.32.